The van der Waals surface area contributed by atoms with Crippen LogP contribution < -0.4 is 5.32 Å². The lowest BCUT2D eigenvalue weighted by Crippen LogP contribution is -2.30. The summed E-state index contributed by atoms with van der Waals surface area (Å²) in [4.78, 5) is 0. The van der Waals surface area contributed by atoms with E-state index in [2.05, 4.69) is 26.1 Å². The first-order chi connectivity index (χ1) is 6.43. The minimum absolute atomic E-state index is 0.314. The van der Waals surface area contributed by atoms with E-state index in [9.17, 15) is 4.21 Å². The molecule has 2 nitrogen and oxygen atoms in total. The van der Waals surface area contributed by atoms with Gasteiger partial charge >= 0.3 is 0 Å². The fraction of sp³-hybridized carbons (Fsp3) is 1.00. The van der Waals surface area contributed by atoms with E-state index >= 15 is 0 Å². The van der Waals surface area contributed by atoms with Crippen molar-refractivity contribution in [1.29, 1.82) is 0 Å². The van der Waals surface area contributed by atoms with Crippen LogP contribution in [-0.2, 0) is 10.8 Å². The highest BCUT2D eigenvalue weighted by Crippen LogP contribution is 2.04. The van der Waals surface area contributed by atoms with Crippen molar-refractivity contribution in [3.05, 3.63) is 0 Å². The Morgan fingerprint density at radius 1 is 1.21 bits per heavy atom. The molecule has 3 heteroatoms. The van der Waals surface area contributed by atoms with E-state index in [-0.39, 0.29) is 0 Å². The molecule has 0 aromatic carbocycles. The molecule has 0 spiro atoms. The Bertz CT molecular complexity index is 171. The van der Waals surface area contributed by atoms with E-state index in [1.165, 1.54) is 6.42 Å². The first kappa shape index (κ1) is 14.1. The molecule has 0 aromatic heterocycles. The Kier molecular flexibility index (Phi) is 7.47. The summed E-state index contributed by atoms with van der Waals surface area (Å²) in [6, 6.07) is 0.576. The molecule has 0 aromatic rings. The quantitative estimate of drug-likeness (QED) is 0.711. The Balaban J connectivity index is 3.48. The largest absolute Gasteiger partial charge is 0.314 e. The fourth-order valence-electron chi connectivity index (χ4n) is 1.49. The highest BCUT2D eigenvalue weighted by atomic mass is 32.2. The van der Waals surface area contributed by atoms with Crippen molar-refractivity contribution >= 4 is 10.8 Å². The van der Waals surface area contributed by atoms with Crippen LogP contribution in [0, 0.1) is 5.92 Å². The summed E-state index contributed by atoms with van der Waals surface area (Å²) < 4.78 is 11.1. The molecule has 0 aliphatic carbocycles. The second kappa shape index (κ2) is 7.41. The molecule has 3 atom stereocenters. The predicted octanol–water partition coefficient (Wildman–Crippen LogP) is 2.17. The van der Waals surface area contributed by atoms with Crippen molar-refractivity contribution < 1.29 is 4.21 Å². The normalized spacial score (nSPS) is 18.1. The molecule has 0 aliphatic heterocycles. The van der Waals surface area contributed by atoms with Gasteiger partial charge in [-0.3, -0.25) is 4.21 Å². The second-order valence-corrected chi connectivity index (χ2v) is 6.38. The van der Waals surface area contributed by atoms with Gasteiger partial charge in [0.2, 0.25) is 0 Å². The fourth-order valence-corrected chi connectivity index (χ4v) is 1.94. The smallest absolute Gasteiger partial charge is 0.0329 e. The maximum absolute atomic E-state index is 11.1. The lowest BCUT2D eigenvalue weighted by atomic mass is 10.1. The summed E-state index contributed by atoms with van der Waals surface area (Å²) in [5.41, 5.74) is 0. The zero-order chi connectivity index (χ0) is 11.1. The van der Waals surface area contributed by atoms with Crippen molar-refractivity contribution in [3.8, 4) is 0 Å². The summed E-state index contributed by atoms with van der Waals surface area (Å²) in [6.07, 6.45) is 4.00. The molecule has 0 saturated carbocycles. The lowest BCUT2D eigenvalue weighted by molar-refractivity contribution is 0.439. The van der Waals surface area contributed by atoms with Gasteiger partial charge in [0.05, 0.1) is 0 Å². The first-order valence-electron chi connectivity index (χ1n) is 5.49. The van der Waals surface area contributed by atoms with Gasteiger partial charge in [0.1, 0.15) is 0 Å². The Labute approximate surface area is 91.3 Å². The lowest BCUT2D eigenvalue weighted by Gasteiger charge is -2.17. The van der Waals surface area contributed by atoms with E-state index in [1.807, 2.05) is 6.92 Å². The molecule has 0 amide bonds. The van der Waals surface area contributed by atoms with Crippen molar-refractivity contribution in [3.63, 3.8) is 0 Å². The number of nitrogens with one attached hydrogen (secondary N) is 1. The molecule has 0 rings (SSSR count). The Morgan fingerprint density at radius 2 is 1.79 bits per heavy atom. The topological polar surface area (TPSA) is 29.1 Å². The SMILES string of the molecule is CC(C)CC(C)NCCC(C)S(C)=O. The molecule has 14 heavy (non-hydrogen) atoms. The van der Waals surface area contributed by atoms with Gasteiger partial charge in [0.25, 0.3) is 0 Å². The zero-order valence-electron chi connectivity index (χ0n) is 10.2. The van der Waals surface area contributed by atoms with E-state index in [1.54, 1.807) is 6.26 Å². The van der Waals surface area contributed by atoms with Gasteiger partial charge in [0.15, 0.2) is 0 Å². The Morgan fingerprint density at radius 3 is 2.21 bits per heavy atom. The highest BCUT2D eigenvalue weighted by Gasteiger charge is 2.07. The van der Waals surface area contributed by atoms with Crippen LogP contribution in [0.25, 0.3) is 0 Å². The summed E-state index contributed by atoms with van der Waals surface area (Å²) in [6.45, 7) is 9.72. The third kappa shape index (κ3) is 7.51. The van der Waals surface area contributed by atoms with E-state index < -0.39 is 10.8 Å². The van der Waals surface area contributed by atoms with Crippen LogP contribution in [0.5, 0.6) is 0 Å². The molecule has 0 fully saturated rings. The molecule has 86 valence electrons. The zero-order valence-corrected chi connectivity index (χ0v) is 11.0. The van der Waals surface area contributed by atoms with E-state index in [0.29, 0.717) is 11.3 Å². The Hall–Kier alpha value is 0.110. The predicted molar refractivity (Wildman–Crippen MR) is 65.1 cm³/mol. The van der Waals surface area contributed by atoms with Gasteiger partial charge in [-0.2, -0.15) is 0 Å². The number of rotatable bonds is 7. The number of hydrogen-bond acceptors (Lipinski definition) is 2. The molecule has 0 radical (unpaired) electrons. The van der Waals surface area contributed by atoms with Crippen LogP contribution in [0.3, 0.4) is 0 Å². The maximum atomic E-state index is 11.1. The molecule has 0 saturated heterocycles. The minimum atomic E-state index is -0.676. The third-order valence-electron chi connectivity index (χ3n) is 2.44. The summed E-state index contributed by atoms with van der Waals surface area (Å²) >= 11 is 0. The van der Waals surface area contributed by atoms with Crippen molar-refractivity contribution in [2.24, 2.45) is 5.92 Å². The maximum Gasteiger partial charge on any atom is 0.0329 e. The van der Waals surface area contributed by atoms with Crippen molar-refractivity contribution in [2.75, 3.05) is 12.8 Å². The van der Waals surface area contributed by atoms with Gasteiger partial charge < -0.3 is 5.32 Å². The monoisotopic (exact) mass is 219 g/mol. The molecule has 1 N–H and O–H groups in total. The third-order valence-corrected chi connectivity index (χ3v) is 3.80. The average Bonchev–Trinajstić information content (AvgIpc) is 2.02. The molecule has 0 bridgehead atoms. The van der Waals surface area contributed by atoms with Gasteiger partial charge in [0, 0.05) is 28.3 Å². The molecule has 3 unspecified atom stereocenters. The van der Waals surface area contributed by atoms with Crippen LogP contribution in [0.2, 0.25) is 0 Å². The van der Waals surface area contributed by atoms with Crippen LogP contribution in [0.4, 0.5) is 0 Å². The second-order valence-electron chi connectivity index (χ2n) is 4.58. The molecule has 0 aliphatic rings. The summed E-state index contributed by atoms with van der Waals surface area (Å²) in [7, 11) is -0.676. The van der Waals surface area contributed by atoms with Gasteiger partial charge in [-0.05, 0) is 32.2 Å². The van der Waals surface area contributed by atoms with E-state index in [4.69, 9.17) is 0 Å². The average molecular weight is 219 g/mol. The van der Waals surface area contributed by atoms with Crippen LogP contribution >= 0.6 is 0 Å². The minimum Gasteiger partial charge on any atom is -0.314 e. The highest BCUT2D eigenvalue weighted by molar-refractivity contribution is 7.84. The first-order valence-corrected chi connectivity index (χ1v) is 7.11. The standard InChI is InChI=1S/C11H25NOS/c1-9(2)8-10(3)12-7-6-11(4)14(5)13/h9-12H,6-8H2,1-5H3. The van der Waals surface area contributed by atoms with Crippen LogP contribution in [0.1, 0.15) is 40.5 Å². The van der Waals surface area contributed by atoms with Gasteiger partial charge in [-0.1, -0.05) is 20.8 Å². The van der Waals surface area contributed by atoms with Crippen LogP contribution in [0.15, 0.2) is 0 Å². The summed E-state index contributed by atoms with van der Waals surface area (Å²) in [5, 5.41) is 3.78. The summed E-state index contributed by atoms with van der Waals surface area (Å²) in [5.74, 6) is 0.746. The molecular formula is C11H25NOS. The van der Waals surface area contributed by atoms with Gasteiger partial charge in [-0.15, -0.1) is 0 Å². The van der Waals surface area contributed by atoms with Crippen molar-refractivity contribution in [1.82, 2.24) is 5.32 Å². The van der Waals surface area contributed by atoms with Gasteiger partial charge in [-0.25, -0.2) is 0 Å². The van der Waals surface area contributed by atoms with E-state index in [0.717, 1.165) is 18.9 Å². The molecular weight excluding hydrogens is 194 g/mol. The van der Waals surface area contributed by atoms with Crippen molar-refractivity contribution in [2.45, 2.75) is 51.8 Å². The molecule has 0 heterocycles. The van der Waals surface area contributed by atoms with Crippen LogP contribution in [-0.4, -0.2) is 28.3 Å². The number of hydrogen-bond donors (Lipinski definition) is 1.